The second-order valence-electron chi connectivity index (χ2n) is 1.53. The normalized spacial score (nSPS) is 25.0. The van der Waals surface area contributed by atoms with E-state index in [2.05, 4.69) is 22.7 Å². The molecule has 1 amide bonds. The van der Waals surface area contributed by atoms with E-state index < -0.39 is 0 Å². The van der Waals surface area contributed by atoms with Crippen molar-refractivity contribution in [2.75, 3.05) is 6.61 Å². The summed E-state index contributed by atoms with van der Waals surface area (Å²) in [6.07, 6.45) is 0. The molecule has 1 saturated heterocycles. The number of hydrogen-bond acceptors (Lipinski definition) is 3. The summed E-state index contributed by atoms with van der Waals surface area (Å²) in [4.78, 5) is 15.0. The van der Waals surface area contributed by atoms with Gasteiger partial charge >= 0.3 is 0 Å². The molecule has 1 unspecified atom stereocenters. The van der Waals surface area contributed by atoms with Crippen LogP contribution < -0.4 is 10.8 Å². The van der Waals surface area contributed by atoms with Gasteiger partial charge in [0.1, 0.15) is 0 Å². The molecular weight excluding hydrogens is 292 g/mol. The molecule has 0 aromatic heterocycles. The molecule has 1 atom stereocenters. The van der Waals surface area contributed by atoms with Crippen LogP contribution in [0.3, 0.4) is 0 Å². The van der Waals surface area contributed by atoms with Crippen molar-refractivity contribution in [3.8, 4) is 0 Å². The minimum absolute atomic E-state index is 0. The Labute approximate surface area is 67.5 Å². The van der Waals surface area contributed by atoms with Gasteiger partial charge in [-0.3, -0.25) is 16.7 Å². The van der Waals surface area contributed by atoms with E-state index in [1.54, 1.807) is 0 Å². The second-order valence-corrected chi connectivity index (χ2v) is 1.53. The second kappa shape index (κ2) is 3.98. The summed E-state index contributed by atoms with van der Waals surface area (Å²) in [5, 5.41) is 2.53. The molecule has 9 heavy (non-hydrogen) atoms. The van der Waals surface area contributed by atoms with Crippen molar-refractivity contribution < 1.29 is 30.7 Å². The molecule has 0 radical (unpaired) electrons. The SMILES string of the molecule is [CH2-]NC1CONC1=O.[W]. The summed E-state index contributed by atoms with van der Waals surface area (Å²) in [6.45, 7) is 0.363. The fourth-order valence-corrected chi connectivity index (χ4v) is 0.495. The molecule has 5 heteroatoms. The van der Waals surface area contributed by atoms with Crippen molar-refractivity contribution in [3.63, 3.8) is 0 Å². The molecule has 52 valence electrons. The van der Waals surface area contributed by atoms with Crippen LogP contribution in [0.4, 0.5) is 0 Å². The number of hydrogen-bond donors (Lipinski definition) is 2. The van der Waals surface area contributed by atoms with E-state index in [0.717, 1.165) is 0 Å². The van der Waals surface area contributed by atoms with Crippen LogP contribution in [0.25, 0.3) is 0 Å². The van der Waals surface area contributed by atoms with Crippen molar-refractivity contribution in [2.24, 2.45) is 0 Å². The molecule has 1 rings (SSSR count). The summed E-state index contributed by atoms with van der Waals surface area (Å²) in [7, 11) is 3.33. The van der Waals surface area contributed by atoms with Gasteiger partial charge in [0.2, 0.25) is 0 Å². The first kappa shape index (κ1) is 9.08. The van der Waals surface area contributed by atoms with E-state index in [4.69, 9.17) is 0 Å². The fraction of sp³-hybridized carbons (Fsp3) is 0.500. The minimum atomic E-state index is -0.269. The molecule has 2 N–H and O–H groups in total. The molecule has 1 fully saturated rings. The Bertz CT molecular complexity index is 109. The Morgan fingerprint density at radius 2 is 2.56 bits per heavy atom. The summed E-state index contributed by atoms with van der Waals surface area (Å²) in [5.41, 5.74) is 2.18. The predicted molar refractivity (Wildman–Crippen MR) is 26.4 cm³/mol. The largest absolute Gasteiger partial charge is 0.460 e. The van der Waals surface area contributed by atoms with Crippen LogP contribution in [0, 0.1) is 7.05 Å². The van der Waals surface area contributed by atoms with Crippen molar-refractivity contribution in [2.45, 2.75) is 6.04 Å². The number of nitrogens with one attached hydrogen (secondary N) is 2. The van der Waals surface area contributed by atoms with Crippen molar-refractivity contribution in [1.82, 2.24) is 10.8 Å². The average Bonchev–Trinajstić information content (AvgIpc) is 2.14. The standard InChI is InChI=1S/C4H7N2O2.W/c1-5-3-2-8-6-4(3)7;/h3,5H,1-2H2,(H,6,7);/q-1;. The number of rotatable bonds is 1. The molecule has 0 spiro atoms. The zero-order valence-corrected chi connectivity index (χ0v) is 7.65. The molecule has 1 aliphatic rings. The van der Waals surface area contributed by atoms with Gasteiger partial charge in [-0.25, -0.2) is 5.48 Å². The summed E-state index contributed by atoms with van der Waals surface area (Å²) in [5.74, 6) is -0.153. The van der Waals surface area contributed by atoms with E-state index in [-0.39, 0.29) is 33.0 Å². The summed E-state index contributed by atoms with van der Waals surface area (Å²) >= 11 is 0. The van der Waals surface area contributed by atoms with Crippen LogP contribution in [0.2, 0.25) is 0 Å². The molecule has 0 aromatic carbocycles. The topological polar surface area (TPSA) is 50.4 Å². The van der Waals surface area contributed by atoms with Crippen molar-refractivity contribution in [1.29, 1.82) is 0 Å². The third-order valence-corrected chi connectivity index (χ3v) is 0.986. The van der Waals surface area contributed by atoms with E-state index >= 15 is 0 Å². The molecule has 0 aromatic rings. The van der Waals surface area contributed by atoms with Gasteiger partial charge in [-0.05, 0) is 0 Å². The van der Waals surface area contributed by atoms with E-state index in [0.29, 0.717) is 6.61 Å². The van der Waals surface area contributed by atoms with E-state index in [9.17, 15) is 4.79 Å². The number of carbonyl (C=O) groups excluding carboxylic acids is 1. The molecule has 1 aliphatic heterocycles. The average molecular weight is 299 g/mol. The predicted octanol–water partition coefficient (Wildman–Crippen LogP) is -1.20. The molecule has 0 saturated carbocycles. The maximum Gasteiger partial charge on any atom is 0.260 e. The minimum Gasteiger partial charge on any atom is -0.460 e. The third kappa shape index (κ3) is 2.05. The van der Waals surface area contributed by atoms with Gasteiger partial charge < -0.3 is 5.32 Å². The first-order valence-corrected chi connectivity index (χ1v) is 2.29. The zero-order chi connectivity index (χ0) is 5.98. The van der Waals surface area contributed by atoms with Crippen molar-refractivity contribution in [3.05, 3.63) is 7.05 Å². The van der Waals surface area contributed by atoms with Gasteiger partial charge in [-0.2, -0.15) is 0 Å². The smallest absolute Gasteiger partial charge is 0.260 e. The van der Waals surface area contributed by atoms with Gasteiger partial charge in [-0.1, -0.05) is 0 Å². The van der Waals surface area contributed by atoms with Gasteiger partial charge in [0.15, 0.2) is 0 Å². The Morgan fingerprint density at radius 1 is 1.89 bits per heavy atom. The Balaban J connectivity index is 0.000000640. The first-order valence-electron chi connectivity index (χ1n) is 2.29. The molecule has 0 aliphatic carbocycles. The van der Waals surface area contributed by atoms with Crippen LogP contribution in [-0.4, -0.2) is 18.6 Å². The van der Waals surface area contributed by atoms with Crippen LogP contribution in [0.15, 0.2) is 0 Å². The maximum absolute atomic E-state index is 10.5. The van der Waals surface area contributed by atoms with Crippen molar-refractivity contribution >= 4 is 5.91 Å². The maximum atomic E-state index is 10.5. The van der Waals surface area contributed by atoms with Gasteiger partial charge in [0, 0.05) is 21.1 Å². The van der Waals surface area contributed by atoms with Gasteiger partial charge in [0.05, 0.1) is 12.6 Å². The zero-order valence-electron chi connectivity index (χ0n) is 4.72. The monoisotopic (exact) mass is 299 g/mol. The first-order chi connectivity index (χ1) is 3.84. The van der Waals surface area contributed by atoms with Crippen LogP contribution in [0.1, 0.15) is 0 Å². The quantitative estimate of drug-likeness (QED) is 0.598. The van der Waals surface area contributed by atoms with Crippen LogP contribution in [-0.2, 0) is 30.7 Å². The van der Waals surface area contributed by atoms with E-state index in [1.807, 2.05) is 0 Å². The molecule has 1 heterocycles. The molecule has 0 bridgehead atoms. The van der Waals surface area contributed by atoms with Crippen LogP contribution >= 0.6 is 0 Å². The van der Waals surface area contributed by atoms with Gasteiger partial charge in [-0.15, -0.1) is 0 Å². The third-order valence-electron chi connectivity index (χ3n) is 0.986. The summed E-state index contributed by atoms with van der Waals surface area (Å²) in [6, 6.07) is -0.269. The molecular formula is C4H7N2O2W-. The Hall–Kier alpha value is 0.0783. The molecule has 4 nitrogen and oxygen atoms in total. The Kier molecular flexibility index (Phi) is 4.02. The van der Waals surface area contributed by atoms with Crippen LogP contribution in [0.5, 0.6) is 0 Å². The fourth-order valence-electron chi connectivity index (χ4n) is 0.495. The number of amides is 1. The Morgan fingerprint density at radius 3 is 2.78 bits per heavy atom. The number of hydroxylamine groups is 1. The van der Waals surface area contributed by atoms with E-state index in [1.165, 1.54) is 0 Å². The van der Waals surface area contributed by atoms with Gasteiger partial charge in [0.25, 0.3) is 5.91 Å². The number of carbonyl (C=O) groups is 1. The summed E-state index contributed by atoms with van der Waals surface area (Å²) < 4.78 is 0.